The van der Waals surface area contributed by atoms with E-state index < -0.39 is 6.04 Å². The molecule has 102 valence electrons. The summed E-state index contributed by atoms with van der Waals surface area (Å²) in [5.41, 5.74) is 3.98. The van der Waals surface area contributed by atoms with E-state index >= 15 is 0 Å². The Morgan fingerprint density at radius 1 is 1.53 bits per heavy atom. The van der Waals surface area contributed by atoms with Crippen LogP contribution >= 0.6 is 15.9 Å². The van der Waals surface area contributed by atoms with Crippen LogP contribution in [0.3, 0.4) is 0 Å². The molecule has 0 radical (unpaired) electrons. The van der Waals surface area contributed by atoms with Gasteiger partial charge >= 0.3 is 0 Å². The molecule has 1 heterocycles. The molecule has 0 aliphatic carbocycles. The van der Waals surface area contributed by atoms with Crippen LogP contribution in [0.2, 0.25) is 0 Å². The number of nitrogens with two attached hydrogens (primary N) is 1. The number of aromatic nitrogens is 2. The maximum atomic E-state index is 14.1. The Labute approximate surface area is 119 Å². The van der Waals surface area contributed by atoms with E-state index in [0.29, 0.717) is 10.0 Å². The largest absolute Gasteiger partial charge is 0.272 e. The molecule has 2 rings (SSSR count). The van der Waals surface area contributed by atoms with Gasteiger partial charge in [-0.25, -0.2) is 9.82 Å². The Bertz CT molecular complexity index is 555. The maximum absolute atomic E-state index is 14.1. The fraction of sp³-hybridized carbons (Fsp3) is 0.308. The number of nitrogens with one attached hydrogen (secondary N) is 1. The summed E-state index contributed by atoms with van der Waals surface area (Å²) in [6.45, 7) is 2.91. The Hall–Kier alpha value is -1.24. The minimum absolute atomic E-state index is 0.311. The summed E-state index contributed by atoms with van der Waals surface area (Å²) in [7, 11) is 0. The molecule has 1 atom stereocenters. The van der Waals surface area contributed by atoms with E-state index in [1.807, 2.05) is 10.9 Å². The Balaban J connectivity index is 2.35. The second-order valence-corrected chi connectivity index (χ2v) is 5.13. The average molecular weight is 327 g/mol. The summed E-state index contributed by atoms with van der Waals surface area (Å²) in [6, 6.07) is 4.74. The first-order chi connectivity index (χ1) is 9.17. The fourth-order valence-corrected chi connectivity index (χ4v) is 2.37. The minimum Gasteiger partial charge on any atom is -0.272 e. The number of hydrogen-bond donors (Lipinski definition) is 2. The smallest absolute Gasteiger partial charge is 0.142 e. The summed E-state index contributed by atoms with van der Waals surface area (Å²) in [5.74, 6) is 5.26. The molecule has 2 aromatic rings. The lowest BCUT2D eigenvalue weighted by molar-refractivity contribution is 0.554. The van der Waals surface area contributed by atoms with Crippen LogP contribution in [-0.4, -0.2) is 9.78 Å². The molecular weight excluding hydrogens is 311 g/mol. The van der Waals surface area contributed by atoms with Crippen molar-refractivity contribution < 1.29 is 4.39 Å². The maximum Gasteiger partial charge on any atom is 0.142 e. The van der Waals surface area contributed by atoms with E-state index in [4.69, 9.17) is 5.84 Å². The van der Waals surface area contributed by atoms with E-state index in [9.17, 15) is 4.39 Å². The average Bonchev–Trinajstić information content (AvgIpc) is 2.84. The van der Waals surface area contributed by atoms with Crippen molar-refractivity contribution in [1.82, 2.24) is 15.2 Å². The van der Waals surface area contributed by atoms with E-state index in [1.165, 1.54) is 0 Å². The summed E-state index contributed by atoms with van der Waals surface area (Å²) in [6.07, 6.45) is 4.59. The van der Waals surface area contributed by atoms with Gasteiger partial charge in [0.1, 0.15) is 5.82 Å². The van der Waals surface area contributed by atoms with Gasteiger partial charge in [0.2, 0.25) is 0 Å². The molecule has 0 aliphatic rings. The number of benzene rings is 1. The molecule has 0 amide bonds. The highest BCUT2D eigenvalue weighted by atomic mass is 79.9. The van der Waals surface area contributed by atoms with Gasteiger partial charge in [-0.05, 0) is 28.4 Å². The van der Waals surface area contributed by atoms with Crippen LogP contribution in [0.25, 0.3) is 0 Å². The summed E-state index contributed by atoms with van der Waals surface area (Å²) < 4.78 is 16.4. The highest BCUT2D eigenvalue weighted by molar-refractivity contribution is 9.10. The number of rotatable bonds is 5. The van der Waals surface area contributed by atoms with E-state index in [2.05, 4.69) is 33.4 Å². The number of hydrogen-bond acceptors (Lipinski definition) is 3. The molecule has 3 N–H and O–H groups in total. The van der Waals surface area contributed by atoms with Crippen LogP contribution in [0, 0.1) is 5.82 Å². The topological polar surface area (TPSA) is 55.9 Å². The standard InChI is InChI=1S/C13H16BrFN4/c1-2-6-19-8-9(7-17-19)13(18-16)10-4-3-5-11(14)12(10)15/h3-5,7-8,13,18H,2,6,16H2,1H3. The molecule has 19 heavy (non-hydrogen) atoms. The third-order valence-electron chi connectivity index (χ3n) is 2.90. The predicted octanol–water partition coefficient (Wildman–Crippen LogP) is 2.75. The lowest BCUT2D eigenvalue weighted by Crippen LogP contribution is -2.29. The molecule has 0 saturated carbocycles. The van der Waals surface area contributed by atoms with E-state index in [0.717, 1.165) is 18.5 Å². The number of hydrazine groups is 1. The van der Waals surface area contributed by atoms with Crippen LogP contribution in [-0.2, 0) is 6.54 Å². The highest BCUT2D eigenvalue weighted by Crippen LogP contribution is 2.27. The van der Waals surface area contributed by atoms with Crippen molar-refractivity contribution in [3.63, 3.8) is 0 Å². The number of aryl methyl sites for hydroxylation is 1. The van der Waals surface area contributed by atoms with Gasteiger partial charge in [0.05, 0.1) is 16.7 Å². The molecule has 1 unspecified atom stereocenters. The van der Waals surface area contributed by atoms with Gasteiger partial charge in [0, 0.05) is 23.9 Å². The molecule has 0 fully saturated rings. The second kappa shape index (κ2) is 6.27. The zero-order valence-electron chi connectivity index (χ0n) is 10.6. The van der Waals surface area contributed by atoms with Crippen LogP contribution in [0.15, 0.2) is 35.1 Å². The lowest BCUT2D eigenvalue weighted by atomic mass is 10.0. The van der Waals surface area contributed by atoms with Gasteiger partial charge in [-0.3, -0.25) is 10.5 Å². The van der Waals surface area contributed by atoms with Gasteiger partial charge in [-0.2, -0.15) is 5.10 Å². The second-order valence-electron chi connectivity index (χ2n) is 4.28. The molecule has 0 spiro atoms. The third kappa shape index (κ3) is 3.02. The molecule has 1 aromatic carbocycles. The van der Waals surface area contributed by atoms with Crippen LogP contribution in [0.1, 0.15) is 30.5 Å². The summed E-state index contributed by atoms with van der Waals surface area (Å²) in [5, 5.41) is 4.24. The molecule has 4 nitrogen and oxygen atoms in total. The number of nitrogens with zero attached hydrogens (tertiary/aromatic N) is 2. The lowest BCUT2D eigenvalue weighted by Gasteiger charge is -2.16. The Morgan fingerprint density at radius 3 is 3.00 bits per heavy atom. The van der Waals surface area contributed by atoms with E-state index in [-0.39, 0.29) is 5.82 Å². The van der Waals surface area contributed by atoms with Crippen LogP contribution < -0.4 is 11.3 Å². The van der Waals surface area contributed by atoms with Crippen molar-refractivity contribution in [2.24, 2.45) is 5.84 Å². The normalized spacial score (nSPS) is 12.6. The zero-order chi connectivity index (χ0) is 13.8. The Morgan fingerprint density at radius 2 is 2.32 bits per heavy atom. The summed E-state index contributed by atoms with van der Waals surface area (Å²) >= 11 is 3.18. The van der Waals surface area contributed by atoms with Crippen molar-refractivity contribution in [2.45, 2.75) is 25.9 Å². The van der Waals surface area contributed by atoms with Crippen molar-refractivity contribution >= 4 is 15.9 Å². The minimum atomic E-state index is -0.414. The monoisotopic (exact) mass is 326 g/mol. The molecule has 6 heteroatoms. The van der Waals surface area contributed by atoms with Crippen molar-refractivity contribution in [3.05, 3.63) is 52.0 Å². The predicted molar refractivity (Wildman–Crippen MR) is 75.8 cm³/mol. The quantitative estimate of drug-likeness (QED) is 0.656. The zero-order valence-corrected chi connectivity index (χ0v) is 12.2. The van der Waals surface area contributed by atoms with Crippen molar-refractivity contribution in [1.29, 1.82) is 0 Å². The van der Waals surface area contributed by atoms with E-state index in [1.54, 1.807) is 24.4 Å². The fourth-order valence-electron chi connectivity index (χ4n) is 1.99. The Kier molecular flexibility index (Phi) is 4.68. The molecular formula is C13H16BrFN4. The first-order valence-corrected chi connectivity index (χ1v) is 6.89. The van der Waals surface area contributed by atoms with Gasteiger partial charge < -0.3 is 0 Å². The van der Waals surface area contributed by atoms with Gasteiger partial charge in [-0.1, -0.05) is 19.1 Å². The van der Waals surface area contributed by atoms with Gasteiger partial charge in [0.15, 0.2) is 0 Å². The molecule has 0 aliphatic heterocycles. The van der Waals surface area contributed by atoms with Crippen molar-refractivity contribution in [3.8, 4) is 0 Å². The van der Waals surface area contributed by atoms with Gasteiger partial charge in [-0.15, -0.1) is 0 Å². The first-order valence-electron chi connectivity index (χ1n) is 6.09. The SMILES string of the molecule is CCCn1cc(C(NN)c2cccc(Br)c2F)cn1. The third-order valence-corrected chi connectivity index (χ3v) is 3.51. The molecule has 0 saturated heterocycles. The van der Waals surface area contributed by atoms with Crippen LogP contribution in [0.5, 0.6) is 0 Å². The van der Waals surface area contributed by atoms with Gasteiger partial charge in [0.25, 0.3) is 0 Å². The highest BCUT2D eigenvalue weighted by Gasteiger charge is 2.19. The first kappa shape index (κ1) is 14.2. The summed E-state index contributed by atoms with van der Waals surface area (Å²) in [4.78, 5) is 0. The van der Waals surface area contributed by atoms with Crippen molar-refractivity contribution in [2.75, 3.05) is 0 Å². The molecule has 1 aromatic heterocycles. The number of halogens is 2. The molecule has 0 bridgehead atoms. The van der Waals surface area contributed by atoms with Crippen LogP contribution in [0.4, 0.5) is 4.39 Å².